The molecule has 7 heteroatoms. The van der Waals surface area contributed by atoms with Crippen LogP contribution in [0.5, 0.6) is 0 Å². The topological polar surface area (TPSA) is 82.0 Å². The Hall–Kier alpha value is -1.13. The van der Waals surface area contributed by atoms with Gasteiger partial charge in [-0.15, -0.1) is 0 Å². The lowest BCUT2D eigenvalue weighted by Crippen LogP contribution is -2.42. The summed E-state index contributed by atoms with van der Waals surface area (Å²) in [5.41, 5.74) is 0.121. The maximum Gasteiger partial charge on any atom is 0.240 e. The third-order valence-corrected chi connectivity index (χ3v) is 5.60. The summed E-state index contributed by atoms with van der Waals surface area (Å²) in [5, 5.41) is 12.4. The second kappa shape index (κ2) is 6.32. The molecule has 0 amide bonds. The first-order chi connectivity index (χ1) is 9.86. The second-order valence-electron chi connectivity index (χ2n) is 5.64. The van der Waals surface area contributed by atoms with Crippen LogP contribution in [0.2, 0.25) is 5.02 Å². The number of nitrogens with zero attached hydrogens (tertiary/aromatic N) is 1. The van der Waals surface area contributed by atoms with Crippen LogP contribution in [0.25, 0.3) is 0 Å². The summed E-state index contributed by atoms with van der Waals surface area (Å²) in [6, 6.07) is 6.03. The Morgan fingerprint density at radius 2 is 2.10 bits per heavy atom. The van der Waals surface area contributed by atoms with Crippen molar-refractivity contribution in [1.82, 2.24) is 10.0 Å². The van der Waals surface area contributed by atoms with Crippen molar-refractivity contribution in [2.24, 2.45) is 5.41 Å². The van der Waals surface area contributed by atoms with Crippen LogP contribution in [0.15, 0.2) is 23.1 Å². The maximum atomic E-state index is 12.3. The van der Waals surface area contributed by atoms with Crippen molar-refractivity contribution in [3.05, 3.63) is 28.8 Å². The van der Waals surface area contributed by atoms with Crippen LogP contribution in [-0.2, 0) is 10.0 Å². The van der Waals surface area contributed by atoms with Crippen molar-refractivity contribution in [3.63, 3.8) is 0 Å². The number of benzene rings is 1. The molecule has 1 aromatic rings. The molecule has 0 aromatic heterocycles. The largest absolute Gasteiger partial charge is 0.317 e. The van der Waals surface area contributed by atoms with E-state index in [2.05, 4.69) is 17.0 Å². The van der Waals surface area contributed by atoms with Crippen LogP contribution in [0.1, 0.15) is 25.3 Å². The predicted molar refractivity (Wildman–Crippen MR) is 81.6 cm³/mol. The zero-order chi connectivity index (χ0) is 15.5. The molecule has 0 atom stereocenters. The van der Waals surface area contributed by atoms with Gasteiger partial charge in [-0.3, -0.25) is 0 Å². The second-order valence-corrected chi connectivity index (χ2v) is 7.81. The van der Waals surface area contributed by atoms with Crippen molar-refractivity contribution >= 4 is 21.6 Å². The highest BCUT2D eigenvalue weighted by Crippen LogP contribution is 2.27. The Labute approximate surface area is 130 Å². The first-order valence-corrected chi connectivity index (χ1v) is 8.62. The van der Waals surface area contributed by atoms with Gasteiger partial charge in [0.25, 0.3) is 0 Å². The molecule has 0 radical (unpaired) electrons. The molecule has 1 aromatic carbocycles. The zero-order valence-corrected chi connectivity index (χ0v) is 13.4. The van der Waals surface area contributed by atoms with E-state index in [-0.39, 0.29) is 20.9 Å². The number of piperidine rings is 1. The number of rotatable bonds is 4. The van der Waals surface area contributed by atoms with Crippen LogP contribution in [-0.4, -0.2) is 28.1 Å². The Bertz CT molecular complexity index is 661. The maximum absolute atomic E-state index is 12.3. The summed E-state index contributed by atoms with van der Waals surface area (Å²) in [4.78, 5) is 0.0704. The van der Waals surface area contributed by atoms with Crippen LogP contribution < -0.4 is 10.0 Å². The van der Waals surface area contributed by atoms with Crippen molar-refractivity contribution in [2.45, 2.75) is 24.7 Å². The molecule has 0 bridgehead atoms. The zero-order valence-electron chi connectivity index (χ0n) is 11.8. The van der Waals surface area contributed by atoms with Gasteiger partial charge in [-0.05, 0) is 49.5 Å². The fourth-order valence-electron chi connectivity index (χ4n) is 2.32. The van der Waals surface area contributed by atoms with E-state index in [0.29, 0.717) is 6.54 Å². The summed E-state index contributed by atoms with van der Waals surface area (Å²) in [6.45, 7) is 4.27. The molecule has 114 valence electrons. The molecule has 0 saturated carbocycles. The van der Waals surface area contributed by atoms with Crippen LogP contribution in [0.3, 0.4) is 0 Å². The van der Waals surface area contributed by atoms with E-state index in [0.717, 1.165) is 25.9 Å². The normalized spacial score (nSPS) is 18.1. The first kappa shape index (κ1) is 16.2. The smallest absolute Gasteiger partial charge is 0.240 e. The van der Waals surface area contributed by atoms with Gasteiger partial charge in [0.15, 0.2) is 0 Å². The summed E-state index contributed by atoms with van der Waals surface area (Å²) >= 11 is 5.82. The Morgan fingerprint density at radius 1 is 1.43 bits per heavy atom. The highest BCUT2D eigenvalue weighted by atomic mass is 35.5. The lowest BCUT2D eigenvalue weighted by atomic mass is 9.81. The van der Waals surface area contributed by atoms with Gasteiger partial charge in [0.2, 0.25) is 10.0 Å². The molecule has 1 aliphatic rings. The van der Waals surface area contributed by atoms with Gasteiger partial charge < -0.3 is 5.32 Å². The van der Waals surface area contributed by atoms with E-state index < -0.39 is 10.0 Å². The van der Waals surface area contributed by atoms with Crippen LogP contribution in [0.4, 0.5) is 0 Å². The summed E-state index contributed by atoms with van der Waals surface area (Å²) in [6.07, 6.45) is 1.86. The van der Waals surface area contributed by atoms with Crippen molar-refractivity contribution in [1.29, 1.82) is 5.26 Å². The lowest BCUT2D eigenvalue weighted by Gasteiger charge is -2.34. The third kappa shape index (κ3) is 3.95. The minimum Gasteiger partial charge on any atom is -0.317 e. The first-order valence-electron chi connectivity index (χ1n) is 6.76. The van der Waals surface area contributed by atoms with Gasteiger partial charge >= 0.3 is 0 Å². The average molecular weight is 328 g/mol. The van der Waals surface area contributed by atoms with E-state index in [1.165, 1.54) is 18.2 Å². The lowest BCUT2D eigenvalue weighted by molar-refractivity contribution is 0.232. The van der Waals surface area contributed by atoms with Crippen molar-refractivity contribution in [2.75, 3.05) is 19.6 Å². The fourth-order valence-corrected chi connectivity index (χ4v) is 3.70. The van der Waals surface area contributed by atoms with Gasteiger partial charge in [-0.1, -0.05) is 18.5 Å². The number of sulfonamides is 1. The van der Waals surface area contributed by atoms with Gasteiger partial charge in [0.1, 0.15) is 6.07 Å². The summed E-state index contributed by atoms with van der Waals surface area (Å²) in [7, 11) is -3.63. The van der Waals surface area contributed by atoms with E-state index in [1.54, 1.807) is 0 Å². The van der Waals surface area contributed by atoms with Gasteiger partial charge in [-0.25, -0.2) is 13.1 Å². The van der Waals surface area contributed by atoms with Gasteiger partial charge in [0.05, 0.1) is 15.5 Å². The molecule has 1 aliphatic heterocycles. The molecule has 0 aliphatic carbocycles. The SMILES string of the molecule is CC1(CNS(=O)(=O)c2ccc(Cl)c(C#N)c2)CCNCC1. The molecular weight excluding hydrogens is 310 g/mol. The molecule has 2 N–H and O–H groups in total. The monoisotopic (exact) mass is 327 g/mol. The van der Waals surface area contributed by atoms with Gasteiger partial charge in [0, 0.05) is 6.54 Å². The molecule has 21 heavy (non-hydrogen) atoms. The van der Waals surface area contributed by atoms with Crippen molar-refractivity contribution < 1.29 is 8.42 Å². The van der Waals surface area contributed by atoms with E-state index >= 15 is 0 Å². The molecular formula is C14H18ClN3O2S. The van der Waals surface area contributed by atoms with Crippen LogP contribution >= 0.6 is 11.6 Å². The number of nitrogens with one attached hydrogen (secondary N) is 2. The molecule has 1 saturated heterocycles. The highest BCUT2D eigenvalue weighted by molar-refractivity contribution is 7.89. The Morgan fingerprint density at radius 3 is 2.71 bits per heavy atom. The predicted octanol–water partition coefficient (Wildman–Crippen LogP) is 1.88. The van der Waals surface area contributed by atoms with E-state index in [4.69, 9.17) is 16.9 Å². The standard InChI is InChI=1S/C14H18ClN3O2S/c1-14(4-6-17-7-5-14)10-18-21(19,20)12-2-3-13(15)11(8-12)9-16/h2-3,8,17-18H,4-7,10H2,1H3. The summed E-state index contributed by atoms with van der Waals surface area (Å²) < 4.78 is 27.3. The molecule has 0 spiro atoms. The number of hydrogen-bond acceptors (Lipinski definition) is 4. The number of hydrogen-bond donors (Lipinski definition) is 2. The molecule has 1 heterocycles. The highest BCUT2D eigenvalue weighted by Gasteiger charge is 2.28. The van der Waals surface area contributed by atoms with Crippen molar-refractivity contribution in [3.8, 4) is 6.07 Å². The van der Waals surface area contributed by atoms with Crippen LogP contribution in [0, 0.1) is 16.7 Å². The molecule has 0 unspecified atom stereocenters. The van der Waals surface area contributed by atoms with E-state index in [1.807, 2.05) is 6.07 Å². The number of nitriles is 1. The van der Waals surface area contributed by atoms with E-state index in [9.17, 15) is 8.42 Å². The third-order valence-electron chi connectivity index (χ3n) is 3.87. The molecule has 1 fully saturated rings. The molecule has 5 nitrogen and oxygen atoms in total. The fraction of sp³-hybridized carbons (Fsp3) is 0.500. The average Bonchev–Trinajstić information content (AvgIpc) is 2.46. The minimum atomic E-state index is -3.63. The quantitative estimate of drug-likeness (QED) is 0.884. The van der Waals surface area contributed by atoms with Gasteiger partial charge in [-0.2, -0.15) is 5.26 Å². The minimum absolute atomic E-state index is 0.0389. The Balaban J connectivity index is 2.13. The summed E-state index contributed by atoms with van der Waals surface area (Å²) in [5.74, 6) is 0. The molecule has 2 rings (SSSR count). The number of halogens is 1. The Kier molecular flexibility index (Phi) is 4.89.